The molecule has 0 heterocycles. The van der Waals surface area contributed by atoms with E-state index in [-0.39, 0.29) is 11.5 Å². The zero-order chi connectivity index (χ0) is 29.5. The maximum absolute atomic E-state index is 14.4. The van der Waals surface area contributed by atoms with Gasteiger partial charge in [-0.25, -0.2) is 8.78 Å². The molecule has 0 bridgehead atoms. The van der Waals surface area contributed by atoms with Crippen LogP contribution in [0.3, 0.4) is 0 Å². The minimum atomic E-state index is -2.89. The van der Waals surface area contributed by atoms with E-state index in [1.165, 1.54) is 17.2 Å². The van der Waals surface area contributed by atoms with Gasteiger partial charge in [-0.15, -0.1) is 0 Å². The van der Waals surface area contributed by atoms with Crippen LogP contribution in [0.4, 0.5) is 8.78 Å². The molecule has 218 valence electrons. The van der Waals surface area contributed by atoms with E-state index in [4.69, 9.17) is 4.74 Å². The van der Waals surface area contributed by atoms with Crippen LogP contribution in [0.5, 0.6) is 5.75 Å². The first-order valence-corrected chi connectivity index (χ1v) is 14.6. The summed E-state index contributed by atoms with van der Waals surface area (Å²) in [5.41, 5.74) is 4.08. The lowest BCUT2D eigenvalue weighted by Gasteiger charge is -2.30. The molecule has 41 heavy (non-hydrogen) atoms. The summed E-state index contributed by atoms with van der Waals surface area (Å²) in [4.78, 5) is 2.37. The van der Waals surface area contributed by atoms with Crippen molar-refractivity contribution in [3.05, 3.63) is 124 Å². The van der Waals surface area contributed by atoms with E-state index in [0.717, 1.165) is 56.2 Å². The predicted molar refractivity (Wildman–Crippen MR) is 163 cm³/mol. The first-order valence-electron chi connectivity index (χ1n) is 14.6. The van der Waals surface area contributed by atoms with E-state index in [1.807, 2.05) is 36.4 Å². The molecule has 0 aliphatic heterocycles. The van der Waals surface area contributed by atoms with Gasteiger partial charge in [-0.1, -0.05) is 78.9 Å². The Balaban J connectivity index is 1.55. The van der Waals surface area contributed by atoms with Gasteiger partial charge in [0.05, 0.1) is 12.2 Å². The van der Waals surface area contributed by atoms with Crippen molar-refractivity contribution < 1.29 is 18.6 Å². The van der Waals surface area contributed by atoms with E-state index < -0.39 is 11.5 Å². The number of rotatable bonds is 13. The normalized spacial score (nSPS) is 14.7. The first kappa shape index (κ1) is 30.7. The molecule has 1 aliphatic carbocycles. The Kier molecular flexibility index (Phi) is 10.2. The molecule has 1 aliphatic rings. The number of halogens is 2. The molecule has 1 N–H and O–H groups in total. The van der Waals surface area contributed by atoms with Crippen molar-refractivity contribution in [1.82, 2.24) is 4.90 Å². The smallest absolute Gasteiger partial charge is 0.270 e. The van der Waals surface area contributed by atoms with E-state index in [2.05, 4.69) is 47.4 Å². The fourth-order valence-electron chi connectivity index (χ4n) is 5.49. The highest BCUT2D eigenvalue weighted by atomic mass is 19.3. The number of allylic oxidation sites excluding steroid dienone is 3. The fraction of sp³-hybridized carbons (Fsp3) is 0.389. The van der Waals surface area contributed by atoms with Gasteiger partial charge in [0, 0.05) is 38.0 Å². The van der Waals surface area contributed by atoms with Gasteiger partial charge in [-0.3, -0.25) is 4.90 Å². The molecule has 4 rings (SSSR count). The van der Waals surface area contributed by atoms with Crippen LogP contribution >= 0.6 is 0 Å². The van der Waals surface area contributed by atoms with E-state index >= 15 is 0 Å². The van der Waals surface area contributed by atoms with Crippen LogP contribution < -0.4 is 4.74 Å². The largest absolute Gasteiger partial charge is 0.494 e. The zero-order valence-corrected chi connectivity index (χ0v) is 24.7. The Bertz CT molecular complexity index is 1340. The molecular formula is C36H43F2NO2. The van der Waals surface area contributed by atoms with Gasteiger partial charge in [0.2, 0.25) is 0 Å². The second-order valence-corrected chi connectivity index (χ2v) is 11.6. The quantitative estimate of drug-likeness (QED) is 0.213. The Hall–Kier alpha value is -3.28. The summed E-state index contributed by atoms with van der Waals surface area (Å²) in [6.07, 6.45) is 9.66. The lowest BCUT2D eigenvalue weighted by Crippen LogP contribution is -2.31. The van der Waals surface area contributed by atoms with Crippen LogP contribution in [-0.2, 0) is 18.1 Å². The fourth-order valence-corrected chi connectivity index (χ4v) is 5.49. The van der Waals surface area contributed by atoms with Gasteiger partial charge < -0.3 is 9.84 Å². The summed E-state index contributed by atoms with van der Waals surface area (Å²) >= 11 is 0. The third kappa shape index (κ3) is 8.61. The SMILES string of the molecule is Cc1c(CN(CCCOc2cccc(C(C)(C)O)c2)CC(C2=CCCC=C2)c2ccccc2)cccc1C(C)(F)F. The molecule has 1 unspecified atom stereocenters. The number of aliphatic hydroxyl groups is 1. The van der Waals surface area contributed by atoms with Crippen molar-refractivity contribution in [3.8, 4) is 5.75 Å². The molecule has 0 saturated heterocycles. The summed E-state index contributed by atoms with van der Waals surface area (Å²) in [7, 11) is 0. The number of hydrogen-bond donors (Lipinski definition) is 1. The topological polar surface area (TPSA) is 32.7 Å². The van der Waals surface area contributed by atoms with Gasteiger partial charge in [0.25, 0.3) is 5.92 Å². The summed E-state index contributed by atoms with van der Waals surface area (Å²) in [6, 6.07) is 23.3. The average Bonchev–Trinajstić information content (AvgIpc) is 2.95. The second-order valence-electron chi connectivity index (χ2n) is 11.6. The predicted octanol–water partition coefficient (Wildman–Crippen LogP) is 8.67. The van der Waals surface area contributed by atoms with Crippen LogP contribution in [0.1, 0.15) is 73.8 Å². The highest BCUT2D eigenvalue weighted by Crippen LogP contribution is 2.33. The molecule has 3 aromatic carbocycles. The van der Waals surface area contributed by atoms with Crippen LogP contribution in [-0.4, -0.2) is 29.7 Å². The monoisotopic (exact) mass is 559 g/mol. The van der Waals surface area contributed by atoms with Crippen LogP contribution in [0.25, 0.3) is 0 Å². The number of nitrogens with zero attached hydrogens (tertiary/aromatic N) is 1. The Labute approximate surface area is 244 Å². The van der Waals surface area contributed by atoms with E-state index in [0.29, 0.717) is 18.7 Å². The van der Waals surface area contributed by atoms with Crippen LogP contribution in [0.2, 0.25) is 0 Å². The summed E-state index contributed by atoms with van der Waals surface area (Å²) in [5, 5.41) is 10.4. The highest BCUT2D eigenvalue weighted by Gasteiger charge is 2.28. The average molecular weight is 560 g/mol. The van der Waals surface area contributed by atoms with Gasteiger partial charge in [-0.2, -0.15) is 0 Å². The third-order valence-electron chi connectivity index (χ3n) is 7.81. The minimum Gasteiger partial charge on any atom is -0.494 e. The first-order chi connectivity index (χ1) is 19.5. The molecule has 3 aromatic rings. The van der Waals surface area contributed by atoms with Crippen molar-refractivity contribution in [1.29, 1.82) is 0 Å². The number of hydrogen-bond acceptors (Lipinski definition) is 3. The van der Waals surface area contributed by atoms with Crippen molar-refractivity contribution in [3.63, 3.8) is 0 Å². The van der Waals surface area contributed by atoms with Gasteiger partial charge in [0.1, 0.15) is 5.75 Å². The van der Waals surface area contributed by atoms with Gasteiger partial charge >= 0.3 is 0 Å². The van der Waals surface area contributed by atoms with Crippen molar-refractivity contribution in [2.24, 2.45) is 0 Å². The lowest BCUT2D eigenvalue weighted by atomic mass is 9.87. The highest BCUT2D eigenvalue weighted by molar-refractivity contribution is 5.39. The molecule has 0 fully saturated rings. The summed E-state index contributed by atoms with van der Waals surface area (Å²) in [6.45, 7) is 8.89. The Morgan fingerprint density at radius 3 is 2.39 bits per heavy atom. The summed E-state index contributed by atoms with van der Waals surface area (Å²) in [5.74, 6) is -1.99. The van der Waals surface area contributed by atoms with Crippen molar-refractivity contribution in [2.75, 3.05) is 19.7 Å². The molecule has 1 atom stereocenters. The minimum absolute atomic E-state index is 0.0857. The molecule has 0 radical (unpaired) electrons. The van der Waals surface area contributed by atoms with Crippen molar-refractivity contribution >= 4 is 0 Å². The number of alkyl halides is 2. The van der Waals surface area contributed by atoms with E-state index in [1.54, 1.807) is 26.8 Å². The molecule has 3 nitrogen and oxygen atoms in total. The van der Waals surface area contributed by atoms with Gasteiger partial charge in [0.15, 0.2) is 0 Å². The Morgan fingerprint density at radius 1 is 0.951 bits per heavy atom. The standard InChI is InChI=1S/C36H43F2NO2/c1-27-30(18-11-21-34(27)36(4,37)38)25-39(22-13-23-41-32-20-12-19-31(24-32)35(2,3)40)26-33(28-14-7-5-8-15-28)29-16-9-6-10-17-29/h5,7-9,11-12,14-21,24,33,40H,6,10,13,22-23,25-26H2,1-4H3. The maximum atomic E-state index is 14.4. The third-order valence-corrected chi connectivity index (χ3v) is 7.81. The van der Waals surface area contributed by atoms with Crippen LogP contribution in [0.15, 0.2) is 96.6 Å². The molecule has 0 aromatic heterocycles. The zero-order valence-electron chi connectivity index (χ0n) is 24.7. The van der Waals surface area contributed by atoms with E-state index in [9.17, 15) is 13.9 Å². The molecular weight excluding hydrogens is 516 g/mol. The maximum Gasteiger partial charge on any atom is 0.270 e. The lowest BCUT2D eigenvalue weighted by molar-refractivity contribution is 0.0166. The molecule has 0 amide bonds. The number of ether oxygens (including phenoxy) is 1. The molecule has 0 spiro atoms. The molecule has 5 heteroatoms. The Morgan fingerprint density at radius 2 is 1.71 bits per heavy atom. The molecule has 0 saturated carbocycles. The number of benzene rings is 3. The van der Waals surface area contributed by atoms with Gasteiger partial charge in [-0.05, 0) is 80.0 Å². The second kappa shape index (κ2) is 13.6. The van der Waals surface area contributed by atoms with Crippen LogP contribution in [0, 0.1) is 6.92 Å². The van der Waals surface area contributed by atoms with Crippen molar-refractivity contribution in [2.45, 2.75) is 70.9 Å². The summed E-state index contributed by atoms with van der Waals surface area (Å²) < 4.78 is 34.8.